The standard InChI is InChI=1S/C26H26FN3O4/c1-4-14-29-20-9-6-5-8-19(20)26(25(29)34)21(22(31)17-10-12-18(27)13-11-17)23(32)24(33)30(26)16-7-15-28(2)3/h4-6,8-13,31H,1,7,14-16H2,2-3H3/b22-21+. The first-order valence-electron chi connectivity index (χ1n) is 11.0. The molecule has 2 amide bonds. The van der Waals surface area contributed by atoms with Crippen LogP contribution in [0.25, 0.3) is 5.76 Å². The van der Waals surface area contributed by atoms with Crippen LogP contribution in [0.2, 0.25) is 0 Å². The second-order valence-corrected chi connectivity index (χ2v) is 8.61. The van der Waals surface area contributed by atoms with Crippen LogP contribution in [0.1, 0.15) is 17.5 Å². The SMILES string of the molecule is C=CCN1C(=O)C2(/C(=C(/O)c3ccc(F)cc3)C(=O)C(=O)N2CCCN(C)C)c2ccccc21. The number of nitrogens with zero attached hydrogens (tertiary/aromatic N) is 3. The van der Waals surface area contributed by atoms with Gasteiger partial charge in [-0.05, 0) is 57.4 Å². The van der Waals surface area contributed by atoms with Gasteiger partial charge in [0.2, 0.25) is 0 Å². The van der Waals surface area contributed by atoms with Crippen LogP contribution in [0.15, 0.2) is 66.8 Å². The van der Waals surface area contributed by atoms with Crippen molar-refractivity contribution in [1.29, 1.82) is 0 Å². The number of carbonyl (C=O) groups excluding carboxylic acids is 3. The van der Waals surface area contributed by atoms with Crippen molar-refractivity contribution in [3.8, 4) is 0 Å². The predicted octanol–water partition coefficient (Wildman–Crippen LogP) is 2.89. The fraction of sp³-hybridized carbons (Fsp3) is 0.269. The predicted molar refractivity (Wildman–Crippen MR) is 127 cm³/mol. The zero-order valence-corrected chi connectivity index (χ0v) is 19.1. The molecule has 34 heavy (non-hydrogen) atoms. The number of Topliss-reactive ketones (excluding diaryl/α,β-unsaturated/α-hetero) is 1. The second kappa shape index (κ2) is 8.87. The van der Waals surface area contributed by atoms with E-state index >= 15 is 0 Å². The molecule has 1 fully saturated rings. The molecule has 2 aliphatic heterocycles. The molecule has 176 valence electrons. The molecule has 4 rings (SSSR count). The number of aliphatic hydroxyl groups is 1. The van der Waals surface area contributed by atoms with Crippen molar-refractivity contribution < 1.29 is 23.9 Å². The number of ketones is 1. The summed E-state index contributed by atoms with van der Waals surface area (Å²) in [5.74, 6) is -3.35. The topological polar surface area (TPSA) is 81.2 Å². The second-order valence-electron chi connectivity index (χ2n) is 8.61. The first-order chi connectivity index (χ1) is 16.2. The molecule has 0 radical (unpaired) electrons. The van der Waals surface area contributed by atoms with Gasteiger partial charge in [0.25, 0.3) is 17.6 Å². The third-order valence-corrected chi connectivity index (χ3v) is 6.23. The Labute approximate surface area is 197 Å². The van der Waals surface area contributed by atoms with Gasteiger partial charge in [0, 0.05) is 24.2 Å². The van der Waals surface area contributed by atoms with E-state index < -0.39 is 34.7 Å². The van der Waals surface area contributed by atoms with Gasteiger partial charge in [0.1, 0.15) is 11.6 Å². The monoisotopic (exact) mass is 463 g/mol. The number of halogens is 1. The van der Waals surface area contributed by atoms with Gasteiger partial charge in [-0.1, -0.05) is 24.3 Å². The molecule has 1 atom stereocenters. The number of rotatable bonds is 7. The van der Waals surface area contributed by atoms with Gasteiger partial charge in [-0.2, -0.15) is 0 Å². The normalized spacial score (nSPS) is 21.1. The van der Waals surface area contributed by atoms with E-state index in [2.05, 4.69) is 6.58 Å². The van der Waals surface area contributed by atoms with Crippen LogP contribution in [0.3, 0.4) is 0 Å². The highest BCUT2D eigenvalue weighted by molar-refractivity contribution is 6.50. The van der Waals surface area contributed by atoms with Crippen molar-refractivity contribution in [3.05, 3.63) is 83.7 Å². The lowest BCUT2D eigenvalue weighted by Gasteiger charge is -2.34. The van der Waals surface area contributed by atoms with Gasteiger partial charge in [-0.3, -0.25) is 14.4 Å². The average molecular weight is 464 g/mol. The van der Waals surface area contributed by atoms with E-state index in [1.54, 1.807) is 30.3 Å². The summed E-state index contributed by atoms with van der Waals surface area (Å²) >= 11 is 0. The summed E-state index contributed by atoms with van der Waals surface area (Å²) in [6.45, 7) is 4.65. The molecule has 1 spiro atoms. The first-order valence-corrected chi connectivity index (χ1v) is 11.0. The number of hydrogen-bond acceptors (Lipinski definition) is 5. The summed E-state index contributed by atoms with van der Waals surface area (Å²) in [4.78, 5) is 45.5. The Kier molecular flexibility index (Phi) is 6.10. The lowest BCUT2D eigenvalue weighted by molar-refractivity contribution is -0.143. The van der Waals surface area contributed by atoms with Crippen molar-refractivity contribution in [1.82, 2.24) is 9.80 Å². The highest BCUT2D eigenvalue weighted by Crippen LogP contribution is 2.53. The largest absolute Gasteiger partial charge is 0.507 e. The minimum atomic E-state index is -1.82. The number of carbonyl (C=O) groups is 3. The lowest BCUT2D eigenvalue weighted by atomic mass is 9.82. The fourth-order valence-electron chi connectivity index (χ4n) is 4.77. The molecule has 8 heteroatoms. The molecule has 7 nitrogen and oxygen atoms in total. The highest BCUT2D eigenvalue weighted by Gasteiger charge is 2.66. The molecule has 2 aliphatic rings. The van der Waals surface area contributed by atoms with E-state index in [4.69, 9.17) is 0 Å². The highest BCUT2D eigenvalue weighted by atomic mass is 19.1. The van der Waals surface area contributed by atoms with E-state index in [1.165, 1.54) is 21.9 Å². The summed E-state index contributed by atoms with van der Waals surface area (Å²) in [6.07, 6.45) is 2.07. The number of hydrogen-bond donors (Lipinski definition) is 1. The molecule has 2 heterocycles. The van der Waals surface area contributed by atoms with Gasteiger partial charge >= 0.3 is 0 Å². The smallest absolute Gasteiger partial charge is 0.296 e. The van der Waals surface area contributed by atoms with Crippen LogP contribution in [-0.2, 0) is 19.9 Å². The third kappa shape index (κ3) is 3.42. The van der Waals surface area contributed by atoms with Crippen molar-refractivity contribution in [2.24, 2.45) is 0 Å². The summed E-state index contributed by atoms with van der Waals surface area (Å²) in [7, 11) is 3.78. The fourth-order valence-corrected chi connectivity index (χ4v) is 4.77. The Balaban J connectivity index is 2.00. The maximum Gasteiger partial charge on any atom is 0.296 e. The Morgan fingerprint density at radius 3 is 2.44 bits per heavy atom. The van der Waals surface area contributed by atoms with Gasteiger partial charge in [-0.15, -0.1) is 6.58 Å². The first kappa shape index (κ1) is 23.4. The third-order valence-electron chi connectivity index (χ3n) is 6.23. The van der Waals surface area contributed by atoms with E-state index in [-0.39, 0.29) is 24.2 Å². The Morgan fingerprint density at radius 2 is 1.79 bits per heavy atom. The molecule has 1 N–H and O–H groups in total. The average Bonchev–Trinajstić information content (AvgIpc) is 3.18. The van der Waals surface area contributed by atoms with E-state index in [9.17, 15) is 23.9 Å². The van der Waals surface area contributed by atoms with Crippen LogP contribution in [0.5, 0.6) is 0 Å². The zero-order valence-electron chi connectivity index (χ0n) is 19.1. The summed E-state index contributed by atoms with van der Waals surface area (Å²) in [5, 5.41) is 11.3. The quantitative estimate of drug-likeness (QED) is 0.296. The minimum absolute atomic E-state index is 0.130. The van der Waals surface area contributed by atoms with Gasteiger partial charge in [-0.25, -0.2) is 4.39 Å². The molecule has 2 aromatic carbocycles. The number of aliphatic hydroxyl groups excluding tert-OH is 1. The van der Waals surface area contributed by atoms with E-state index in [1.807, 2.05) is 19.0 Å². The molecule has 2 aromatic rings. The van der Waals surface area contributed by atoms with Gasteiger partial charge < -0.3 is 19.8 Å². The van der Waals surface area contributed by atoms with Crippen LogP contribution in [-0.4, -0.2) is 66.2 Å². The molecular formula is C26H26FN3O4. The number of anilines is 1. The van der Waals surface area contributed by atoms with Crippen molar-refractivity contribution in [3.63, 3.8) is 0 Å². The van der Waals surface area contributed by atoms with Crippen LogP contribution < -0.4 is 4.90 Å². The Hall–Kier alpha value is -3.78. The van der Waals surface area contributed by atoms with Gasteiger partial charge in [0.05, 0.1) is 11.3 Å². The van der Waals surface area contributed by atoms with Crippen LogP contribution in [0, 0.1) is 5.82 Å². The number of likely N-dealkylation sites (tertiary alicyclic amines) is 1. The van der Waals surface area contributed by atoms with Crippen molar-refractivity contribution in [2.45, 2.75) is 12.0 Å². The summed E-state index contributed by atoms with van der Waals surface area (Å²) < 4.78 is 13.5. The number of fused-ring (bicyclic) bond motifs is 2. The zero-order chi connectivity index (χ0) is 24.6. The molecule has 0 aliphatic carbocycles. The number of amides is 2. The molecular weight excluding hydrogens is 437 g/mol. The van der Waals surface area contributed by atoms with E-state index in [0.29, 0.717) is 24.2 Å². The van der Waals surface area contributed by atoms with Gasteiger partial charge in [0.15, 0.2) is 5.54 Å². The van der Waals surface area contributed by atoms with E-state index in [0.717, 1.165) is 12.1 Å². The molecule has 1 saturated heterocycles. The lowest BCUT2D eigenvalue weighted by Crippen LogP contribution is -2.52. The number of benzene rings is 2. The van der Waals surface area contributed by atoms with Crippen molar-refractivity contribution in [2.75, 3.05) is 38.6 Å². The Bertz CT molecular complexity index is 1200. The summed E-state index contributed by atoms with van der Waals surface area (Å²) in [5.41, 5.74) is -1.01. The molecule has 0 saturated carbocycles. The molecule has 0 bridgehead atoms. The van der Waals surface area contributed by atoms with Crippen LogP contribution in [0.4, 0.5) is 10.1 Å². The number of para-hydroxylation sites is 1. The Morgan fingerprint density at radius 1 is 1.12 bits per heavy atom. The summed E-state index contributed by atoms with van der Waals surface area (Å²) in [6, 6.07) is 11.8. The minimum Gasteiger partial charge on any atom is -0.507 e. The maximum absolute atomic E-state index is 14.1. The maximum atomic E-state index is 14.1. The molecule has 0 aromatic heterocycles. The van der Waals surface area contributed by atoms with Crippen molar-refractivity contribution >= 4 is 29.0 Å². The van der Waals surface area contributed by atoms with Crippen LogP contribution >= 0.6 is 0 Å². The molecule has 1 unspecified atom stereocenters.